The average molecular weight is 316 g/mol. The molecule has 0 saturated heterocycles. The van der Waals surface area contributed by atoms with Gasteiger partial charge in [-0.1, -0.05) is 35.9 Å². The van der Waals surface area contributed by atoms with Crippen LogP contribution in [0.1, 0.15) is 18.1 Å². The number of benzene rings is 2. The summed E-state index contributed by atoms with van der Waals surface area (Å²) in [5.41, 5.74) is 3.94. The number of aryl methyl sites for hydroxylation is 1. The molecule has 0 saturated carbocycles. The Balaban J connectivity index is 1.89. The molecule has 1 amide bonds. The molecule has 2 rings (SSSR count). The van der Waals surface area contributed by atoms with E-state index in [-0.39, 0.29) is 17.0 Å². The number of thioether (sulfide) groups is 1. The van der Waals surface area contributed by atoms with Gasteiger partial charge in [0.05, 0.1) is 11.5 Å². The van der Waals surface area contributed by atoms with E-state index in [0.29, 0.717) is 5.56 Å². The number of hydrazone groups is 1. The van der Waals surface area contributed by atoms with Gasteiger partial charge in [-0.15, -0.1) is 11.8 Å². The SMILES string of the molecule is Cc1ccc(S[C@H](C)C(=O)N/N=C\c2ccccc2F)cc1. The fourth-order valence-corrected chi connectivity index (χ4v) is 2.57. The summed E-state index contributed by atoms with van der Waals surface area (Å²) in [6.45, 7) is 3.82. The van der Waals surface area contributed by atoms with E-state index in [1.165, 1.54) is 29.6 Å². The minimum absolute atomic E-state index is 0.224. The number of hydrogen-bond donors (Lipinski definition) is 1. The number of amides is 1. The molecule has 0 aliphatic heterocycles. The normalized spacial score (nSPS) is 12.3. The quantitative estimate of drug-likeness (QED) is 0.518. The minimum atomic E-state index is -0.373. The van der Waals surface area contributed by atoms with Crippen LogP contribution in [0.2, 0.25) is 0 Å². The number of nitrogens with zero attached hydrogens (tertiary/aromatic N) is 1. The Bertz CT molecular complexity index is 671. The summed E-state index contributed by atoms with van der Waals surface area (Å²) in [5, 5.41) is 3.51. The van der Waals surface area contributed by atoms with E-state index in [4.69, 9.17) is 0 Å². The molecule has 0 aromatic heterocycles. The molecule has 0 fully saturated rings. The molecule has 0 bridgehead atoms. The zero-order chi connectivity index (χ0) is 15.9. The minimum Gasteiger partial charge on any atom is -0.272 e. The second-order valence-corrected chi connectivity index (χ2v) is 6.24. The largest absolute Gasteiger partial charge is 0.272 e. The second-order valence-electron chi connectivity index (χ2n) is 4.83. The molecule has 0 aliphatic carbocycles. The Kier molecular flexibility index (Phi) is 5.72. The fraction of sp³-hybridized carbons (Fsp3) is 0.176. The molecule has 114 valence electrons. The average Bonchev–Trinajstić information content (AvgIpc) is 2.51. The molecule has 0 aliphatic rings. The predicted molar refractivity (Wildman–Crippen MR) is 88.6 cm³/mol. The molecule has 0 unspecified atom stereocenters. The zero-order valence-corrected chi connectivity index (χ0v) is 13.2. The molecule has 5 heteroatoms. The first-order valence-electron chi connectivity index (χ1n) is 6.87. The van der Waals surface area contributed by atoms with Crippen molar-refractivity contribution in [3.63, 3.8) is 0 Å². The first-order chi connectivity index (χ1) is 10.6. The first kappa shape index (κ1) is 16.2. The van der Waals surface area contributed by atoms with Crippen molar-refractivity contribution in [1.29, 1.82) is 0 Å². The maximum absolute atomic E-state index is 13.4. The van der Waals surface area contributed by atoms with Crippen molar-refractivity contribution in [2.24, 2.45) is 5.10 Å². The third kappa shape index (κ3) is 4.70. The first-order valence-corrected chi connectivity index (χ1v) is 7.75. The summed E-state index contributed by atoms with van der Waals surface area (Å²) < 4.78 is 13.4. The van der Waals surface area contributed by atoms with E-state index < -0.39 is 0 Å². The van der Waals surface area contributed by atoms with E-state index in [2.05, 4.69) is 10.5 Å². The Morgan fingerprint density at radius 1 is 1.23 bits per heavy atom. The number of carbonyl (C=O) groups is 1. The van der Waals surface area contributed by atoms with Crippen LogP contribution in [0.4, 0.5) is 4.39 Å². The van der Waals surface area contributed by atoms with Crippen LogP contribution in [0.25, 0.3) is 0 Å². The molecule has 0 heterocycles. The van der Waals surface area contributed by atoms with Gasteiger partial charge in [-0.25, -0.2) is 9.82 Å². The molecule has 1 atom stereocenters. The van der Waals surface area contributed by atoms with Crippen LogP contribution in [0.3, 0.4) is 0 Å². The third-order valence-electron chi connectivity index (χ3n) is 2.99. The summed E-state index contributed by atoms with van der Waals surface area (Å²) in [7, 11) is 0. The van der Waals surface area contributed by atoms with Crippen molar-refractivity contribution in [3.05, 3.63) is 65.5 Å². The van der Waals surface area contributed by atoms with Crippen LogP contribution >= 0.6 is 11.8 Å². The van der Waals surface area contributed by atoms with Gasteiger partial charge in [-0.3, -0.25) is 4.79 Å². The van der Waals surface area contributed by atoms with E-state index in [9.17, 15) is 9.18 Å². The Labute approximate surface area is 133 Å². The number of halogens is 1. The van der Waals surface area contributed by atoms with Gasteiger partial charge in [-0.05, 0) is 32.0 Å². The monoisotopic (exact) mass is 316 g/mol. The molecule has 22 heavy (non-hydrogen) atoms. The molecule has 2 aromatic carbocycles. The molecule has 0 spiro atoms. The van der Waals surface area contributed by atoms with Gasteiger partial charge < -0.3 is 0 Å². The molecule has 0 radical (unpaired) electrons. The number of hydrogen-bond acceptors (Lipinski definition) is 3. The molecule has 1 N–H and O–H groups in total. The van der Waals surface area contributed by atoms with Crippen LogP contribution < -0.4 is 5.43 Å². The molecular formula is C17H17FN2OS. The van der Waals surface area contributed by atoms with Crippen molar-refractivity contribution in [2.45, 2.75) is 24.0 Å². The topological polar surface area (TPSA) is 41.5 Å². The van der Waals surface area contributed by atoms with Crippen molar-refractivity contribution >= 4 is 23.9 Å². The van der Waals surface area contributed by atoms with Crippen molar-refractivity contribution in [3.8, 4) is 0 Å². The van der Waals surface area contributed by atoms with E-state index >= 15 is 0 Å². The van der Waals surface area contributed by atoms with Crippen LogP contribution in [-0.2, 0) is 4.79 Å². The van der Waals surface area contributed by atoms with Gasteiger partial charge >= 0.3 is 0 Å². The van der Waals surface area contributed by atoms with Crippen LogP contribution in [0.5, 0.6) is 0 Å². The van der Waals surface area contributed by atoms with Gasteiger partial charge in [0.15, 0.2) is 0 Å². The Hall–Kier alpha value is -2.14. The van der Waals surface area contributed by atoms with Gasteiger partial charge in [-0.2, -0.15) is 5.10 Å². The summed E-state index contributed by atoms with van der Waals surface area (Å²) in [6.07, 6.45) is 1.30. The van der Waals surface area contributed by atoms with Crippen LogP contribution in [0.15, 0.2) is 58.5 Å². The summed E-state index contributed by atoms with van der Waals surface area (Å²) in [5.74, 6) is -0.597. The molecular weight excluding hydrogens is 299 g/mol. The fourth-order valence-electron chi connectivity index (χ4n) is 1.71. The lowest BCUT2D eigenvalue weighted by atomic mass is 10.2. The maximum atomic E-state index is 13.4. The number of nitrogens with one attached hydrogen (secondary N) is 1. The second kappa shape index (κ2) is 7.75. The predicted octanol–water partition coefficient (Wildman–Crippen LogP) is 3.77. The summed E-state index contributed by atoms with van der Waals surface area (Å²) in [4.78, 5) is 13.0. The van der Waals surface area contributed by atoms with Gasteiger partial charge in [0.2, 0.25) is 0 Å². The van der Waals surface area contributed by atoms with Gasteiger partial charge in [0, 0.05) is 10.5 Å². The lowest BCUT2D eigenvalue weighted by Gasteiger charge is -2.09. The lowest BCUT2D eigenvalue weighted by molar-refractivity contribution is -0.120. The maximum Gasteiger partial charge on any atom is 0.253 e. The number of rotatable bonds is 5. The smallest absolute Gasteiger partial charge is 0.253 e. The molecule has 3 nitrogen and oxygen atoms in total. The van der Waals surface area contributed by atoms with Gasteiger partial charge in [0.25, 0.3) is 5.91 Å². The third-order valence-corrected chi connectivity index (χ3v) is 4.10. The highest BCUT2D eigenvalue weighted by Gasteiger charge is 2.13. The van der Waals surface area contributed by atoms with Gasteiger partial charge in [0.1, 0.15) is 5.82 Å². The Morgan fingerprint density at radius 2 is 1.91 bits per heavy atom. The Morgan fingerprint density at radius 3 is 2.59 bits per heavy atom. The van der Waals surface area contributed by atoms with Crippen LogP contribution in [0, 0.1) is 12.7 Å². The van der Waals surface area contributed by atoms with E-state index in [1.807, 2.05) is 31.2 Å². The summed E-state index contributed by atoms with van der Waals surface area (Å²) in [6, 6.07) is 14.2. The van der Waals surface area contributed by atoms with Crippen molar-refractivity contribution < 1.29 is 9.18 Å². The van der Waals surface area contributed by atoms with E-state index in [1.54, 1.807) is 25.1 Å². The highest BCUT2D eigenvalue weighted by Crippen LogP contribution is 2.23. The standard InChI is InChI=1S/C17H17FN2OS/c1-12-7-9-15(10-8-12)22-13(2)17(21)20-19-11-14-5-3-4-6-16(14)18/h3-11,13H,1-2H3,(H,20,21)/b19-11-/t13-/m1/s1. The number of carbonyl (C=O) groups excluding carboxylic acids is 1. The van der Waals surface area contributed by atoms with Crippen molar-refractivity contribution in [2.75, 3.05) is 0 Å². The summed E-state index contributed by atoms with van der Waals surface area (Å²) >= 11 is 1.45. The van der Waals surface area contributed by atoms with Crippen LogP contribution in [-0.4, -0.2) is 17.4 Å². The highest BCUT2D eigenvalue weighted by atomic mass is 32.2. The van der Waals surface area contributed by atoms with Crippen molar-refractivity contribution in [1.82, 2.24) is 5.43 Å². The highest BCUT2D eigenvalue weighted by molar-refractivity contribution is 8.00. The van der Waals surface area contributed by atoms with E-state index in [0.717, 1.165) is 4.90 Å². The lowest BCUT2D eigenvalue weighted by Crippen LogP contribution is -2.26. The zero-order valence-electron chi connectivity index (χ0n) is 12.4. The molecule has 2 aromatic rings.